The molecule has 0 atom stereocenters. The molecule has 0 aliphatic carbocycles. The molecule has 2 rings (SSSR count). The quantitative estimate of drug-likeness (QED) is 0.754. The lowest BCUT2D eigenvalue weighted by atomic mass is 10.1. The Labute approximate surface area is 165 Å². The van der Waals surface area contributed by atoms with E-state index in [2.05, 4.69) is 24.3 Å². The van der Waals surface area contributed by atoms with Gasteiger partial charge in [0.2, 0.25) is 11.8 Å². The van der Waals surface area contributed by atoms with Crippen LogP contribution in [0.25, 0.3) is 0 Å². The van der Waals surface area contributed by atoms with Gasteiger partial charge in [-0.1, -0.05) is 13.8 Å². The van der Waals surface area contributed by atoms with Crippen LogP contribution in [-0.2, 0) is 22.6 Å². The number of aromatic nitrogens is 2. The summed E-state index contributed by atoms with van der Waals surface area (Å²) in [6.07, 6.45) is 0.911. The van der Waals surface area contributed by atoms with Crippen LogP contribution in [0.4, 0.5) is 10.1 Å². The third-order valence-corrected chi connectivity index (χ3v) is 4.59. The van der Waals surface area contributed by atoms with Crippen LogP contribution in [0.1, 0.15) is 37.2 Å². The van der Waals surface area contributed by atoms with Crippen LogP contribution in [0.3, 0.4) is 0 Å². The summed E-state index contributed by atoms with van der Waals surface area (Å²) in [4.78, 5) is 25.9. The third kappa shape index (κ3) is 5.90. The molecule has 0 aliphatic rings. The maximum absolute atomic E-state index is 12.9. The first-order chi connectivity index (χ1) is 13.2. The number of nitrogens with zero attached hydrogens (tertiary/aromatic N) is 3. The standard InChI is InChI=1S/C21H29FN4O2/c1-14(2)12-26-16(4)19(15(3)24-26)10-11-21(28)25(5)13-20(27)23-18-8-6-17(22)7-9-18/h6-9,14H,10-13H2,1-5H3,(H,23,27). The summed E-state index contributed by atoms with van der Waals surface area (Å²) in [5, 5.41) is 7.23. The van der Waals surface area contributed by atoms with Crippen LogP contribution < -0.4 is 5.32 Å². The van der Waals surface area contributed by atoms with Crippen molar-refractivity contribution in [2.45, 2.75) is 47.1 Å². The number of hydrogen-bond acceptors (Lipinski definition) is 3. The molecular weight excluding hydrogens is 359 g/mol. The number of carbonyl (C=O) groups excluding carboxylic acids is 2. The van der Waals surface area contributed by atoms with Crippen LogP contribution >= 0.6 is 0 Å². The van der Waals surface area contributed by atoms with Crippen molar-refractivity contribution in [3.05, 3.63) is 47.0 Å². The molecule has 0 saturated carbocycles. The van der Waals surface area contributed by atoms with Gasteiger partial charge >= 0.3 is 0 Å². The van der Waals surface area contributed by atoms with Crippen LogP contribution in [0.15, 0.2) is 24.3 Å². The van der Waals surface area contributed by atoms with Crippen molar-refractivity contribution < 1.29 is 14.0 Å². The highest BCUT2D eigenvalue weighted by Crippen LogP contribution is 2.17. The van der Waals surface area contributed by atoms with Crippen molar-refractivity contribution in [3.8, 4) is 0 Å². The normalized spacial score (nSPS) is 11.0. The average molecular weight is 388 g/mol. The summed E-state index contributed by atoms with van der Waals surface area (Å²) < 4.78 is 14.9. The smallest absolute Gasteiger partial charge is 0.243 e. The number of halogens is 1. The maximum Gasteiger partial charge on any atom is 0.243 e. The molecule has 1 aromatic heterocycles. The fraction of sp³-hybridized carbons (Fsp3) is 0.476. The van der Waals surface area contributed by atoms with E-state index in [1.807, 2.05) is 18.5 Å². The highest BCUT2D eigenvalue weighted by atomic mass is 19.1. The second-order valence-corrected chi connectivity index (χ2v) is 7.53. The Kier molecular flexibility index (Phi) is 7.31. The van der Waals surface area contributed by atoms with E-state index in [0.717, 1.165) is 23.5 Å². The van der Waals surface area contributed by atoms with Crippen molar-refractivity contribution in [1.29, 1.82) is 0 Å². The number of anilines is 1. The van der Waals surface area contributed by atoms with Gasteiger partial charge in [-0.15, -0.1) is 0 Å². The molecule has 0 spiro atoms. The van der Waals surface area contributed by atoms with Gasteiger partial charge in [0.15, 0.2) is 0 Å². The number of likely N-dealkylation sites (N-methyl/N-ethyl adjacent to an activating group) is 1. The fourth-order valence-corrected chi connectivity index (χ4v) is 3.08. The fourth-order valence-electron chi connectivity index (χ4n) is 3.08. The van der Waals surface area contributed by atoms with Gasteiger partial charge in [0, 0.05) is 31.4 Å². The minimum Gasteiger partial charge on any atom is -0.336 e. The first-order valence-electron chi connectivity index (χ1n) is 9.49. The van der Waals surface area contributed by atoms with Crippen LogP contribution in [0.2, 0.25) is 0 Å². The van der Waals surface area contributed by atoms with Crippen LogP contribution in [-0.4, -0.2) is 40.1 Å². The molecule has 6 nitrogen and oxygen atoms in total. The first kappa shape index (κ1) is 21.6. The lowest BCUT2D eigenvalue weighted by Crippen LogP contribution is -2.35. The van der Waals surface area contributed by atoms with Gasteiger partial charge in [-0.05, 0) is 56.0 Å². The number of amides is 2. The molecule has 28 heavy (non-hydrogen) atoms. The van der Waals surface area contributed by atoms with Gasteiger partial charge in [-0.2, -0.15) is 5.10 Å². The maximum atomic E-state index is 12.9. The van der Waals surface area contributed by atoms with Crippen molar-refractivity contribution in [2.24, 2.45) is 5.92 Å². The van der Waals surface area contributed by atoms with E-state index in [1.54, 1.807) is 7.05 Å². The zero-order chi connectivity index (χ0) is 20.8. The number of aryl methyl sites for hydroxylation is 1. The molecule has 7 heteroatoms. The van der Waals surface area contributed by atoms with Gasteiger partial charge in [0.25, 0.3) is 0 Å². The zero-order valence-electron chi connectivity index (χ0n) is 17.3. The number of hydrogen-bond donors (Lipinski definition) is 1. The van der Waals surface area contributed by atoms with E-state index in [0.29, 0.717) is 24.4 Å². The van der Waals surface area contributed by atoms with Gasteiger partial charge in [-0.25, -0.2) is 4.39 Å². The Morgan fingerprint density at radius 1 is 1.21 bits per heavy atom. The van der Waals surface area contributed by atoms with Gasteiger partial charge < -0.3 is 10.2 Å². The Morgan fingerprint density at radius 3 is 2.46 bits per heavy atom. The summed E-state index contributed by atoms with van der Waals surface area (Å²) in [6.45, 7) is 9.08. The van der Waals surface area contributed by atoms with Crippen LogP contribution in [0, 0.1) is 25.6 Å². The van der Waals surface area contributed by atoms with E-state index >= 15 is 0 Å². The van der Waals surface area contributed by atoms with Crippen molar-refractivity contribution in [2.75, 3.05) is 18.9 Å². The highest BCUT2D eigenvalue weighted by molar-refractivity contribution is 5.94. The average Bonchev–Trinajstić information content (AvgIpc) is 2.87. The van der Waals surface area contributed by atoms with E-state index in [9.17, 15) is 14.0 Å². The van der Waals surface area contributed by atoms with Crippen LogP contribution in [0.5, 0.6) is 0 Å². The number of nitrogens with one attached hydrogen (secondary N) is 1. The molecule has 1 aromatic carbocycles. The molecule has 1 N–H and O–H groups in total. The molecule has 1 heterocycles. The summed E-state index contributed by atoms with van der Waals surface area (Å²) in [5.74, 6) is -0.296. The van der Waals surface area contributed by atoms with E-state index in [4.69, 9.17) is 0 Å². The first-order valence-corrected chi connectivity index (χ1v) is 9.49. The topological polar surface area (TPSA) is 67.2 Å². The second-order valence-electron chi connectivity index (χ2n) is 7.53. The third-order valence-electron chi connectivity index (χ3n) is 4.59. The SMILES string of the molecule is Cc1nn(CC(C)C)c(C)c1CCC(=O)N(C)CC(=O)Nc1ccc(F)cc1. The number of carbonyl (C=O) groups is 2. The van der Waals surface area contributed by atoms with E-state index in [-0.39, 0.29) is 24.2 Å². The molecule has 0 bridgehead atoms. The lowest BCUT2D eigenvalue weighted by molar-refractivity contribution is -0.133. The minimum atomic E-state index is -0.368. The van der Waals surface area contributed by atoms with Gasteiger partial charge in [0.05, 0.1) is 12.2 Å². The Balaban J connectivity index is 1.88. The van der Waals surface area contributed by atoms with E-state index in [1.165, 1.54) is 29.2 Å². The van der Waals surface area contributed by atoms with Gasteiger partial charge in [0.1, 0.15) is 5.82 Å². The summed E-state index contributed by atoms with van der Waals surface area (Å²) in [5.41, 5.74) is 3.63. The predicted molar refractivity (Wildman–Crippen MR) is 108 cm³/mol. The molecule has 2 amide bonds. The number of benzene rings is 1. The molecule has 0 unspecified atom stereocenters. The number of rotatable bonds is 8. The Morgan fingerprint density at radius 2 is 1.86 bits per heavy atom. The predicted octanol–water partition coefficient (Wildman–Crippen LogP) is 3.32. The zero-order valence-corrected chi connectivity index (χ0v) is 17.3. The highest BCUT2D eigenvalue weighted by Gasteiger charge is 2.17. The lowest BCUT2D eigenvalue weighted by Gasteiger charge is -2.17. The minimum absolute atomic E-state index is 0.0548. The van der Waals surface area contributed by atoms with Gasteiger partial charge in [-0.3, -0.25) is 14.3 Å². The largest absolute Gasteiger partial charge is 0.336 e. The summed E-state index contributed by atoms with van der Waals surface area (Å²) in [6, 6.07) is 5.51. The summed E-state index contributed by atoms with van der Waals surface area (Å²) in [7, 11) is 1.61. The Hall–Kier alpha value is -2.70. The van der Waals surface area contributed by atoms with E-state index < -0.39 is 0 Å². The molecule has 0 aliphatic heterocycles. The molecular formula is C21H29FN4O2. The molecule has 2 aromatic rings. The monoisotopic (exact) mass is 388 g/mol. The second kappa shape index (κ2) is 9.48. The molecule has 152 valence electrons. The molecule has 0 radical (unpaired) electrons. The molecule has 0 fully saturated rings. The van der Waals surface area contributed by atoms with Crippen molar-refractivity contribution >= 4 is 17.5 Å². The summed E-state index contributed by atoms with van der Waals surface area (Å²) >= 11 is 0. The van der Waals surface area contributed by atoms with Crippen molar-refractivity contribution in [1.82, 2.24) is 14.7 Å². The van der Waals surface area contributed by atoms with Crippen molar-refractivity contribution in [3.63, 3.8) is 0 Å². The Bertz CT molecular complexity index is 828. The molecule has 0 saturated heterocycles.